The number of hydrogen-bond donors (Lipinski definition) is 5. The number of nitrogen functional groups attached to an aromatic ring is 1. The lowest BCUT2D eigenvalue weighted by molar-refractivity contribution is -0.157. The fraction of sp³-hybridized carbons (Fsp3) is 0.455. The van der Waals surface area contributed by atoms with Crippen molar-refractivity contribution < 1.29 is 29.4 Å². The molecule has 0 aliphatic heterocycles. The van der Waals surface area contributed by atoms with Crippen molar-refractivity contribution in [3.63, 3.8) is 0 Å². The molecule has 0 radical (unpaired) electrons. The van der Waals surface area contributed by atoms with Gasteiger partial charge < -0.3 is 27.1 Å². The number of nitriles is 1. The molecule has 11 heteroatoms. The lowest BCUT2D eigenvalue weighted by atomic mass is 9.52. The van der Waals surface area contributed by atoms with Gasteiger partial charge in [-0.2, -0.15) is 5.26 Å². The molecule has 6 unspecified atom stereocenters. The number of nitrogens with two attached hydrogens (primary N) is 2. The van der Waals surface area contributed by atoms with Crippen molar-refractivity contribution >= 4 is 34.7 Å². The van der Waals surface area contributed by atoms with Gasteiger partial charge in [-0.05, 0) is 44.5 Å². The Morgan fingerprint density at radius 1 is 1.33 bits per heavy atom. The SMILES string of the molecule is CN(C)C1C(=O)C(C(N)=O)C(=N)C2(O)C(=O)C3C(=O)c4c(O)c(N)cc(C#N)c4CC3CC12. The van der Waals surface area contributed by atoms with Crippen LogP contribution in [0.4, 0.5) is 5.69 Å². The highest BCUT2D eigenvalue weighted by Gasteiger charge is 2.67. The molecule has 0 bridgehead atoms. The van der Waals surface area contributed by atoms with Gasteiger partial charge in [-0.3, -0.25) is 24.1 Å². The van der Waals surface area contributed by atoms with Crippen molar-refractivity contribution in [2.45, 2.75) is 24.5 Å². The first kappa shape index (κ1) is 22.6. The van der Waals surface area contributed by atoms with Crippen LogP contribution in [0.25, 0.3) is 0 Å². The summed E-state index contributed by atoms with van der Waals surface area (Å²) in [5.74, 6) is -9.28. The number of carbonyl (C=O) groups excluding carboxylic acids is 4. The van der Waals surface area contributed by atoms with Crippen LogP contribution in [-0.2, 0) is 20.8 Å². The van der Waals surface area contributed by atoms with Gasteiger partial charge in [0.1, 0.15) is 11.7 Å². The molecule has 11 nitrogen and oxygen atoms in total. The van der Waals surface area contributed by atoms with E-state index in [1.54, 1.807) is 14.1 Å². The molecule has 2 fully saturated rings. The predicted molar refractivity (Wildman–Crippen MR) is 113 cm³/mol. The van der Waals surface area contributed by atoms with Crippen molar-refractivity contribution in [3.8, 4) is 11.8 Å². The zero-order chi connectivity index (χ0) is 24.6. The summed E-state index contributed by atoms with van der Waals surface area (Å²) >= 11 is 0. The van der Waals surface area contributed by atoms with Crippen molar-refractivity contribution in [3.05, 3.63) is 22.8 Å². The first-order valence-electron chi connectivity index (χ1n) is 10.3. The summed E-state index contributed by atoms with van der Waals surface area (Å²) in [7, 11) is 3.09. The number of carbonyl (C=O) groups is 4. The molecule has 4 rings (SSSR count). The van der Waals surface area contributed by atoms with E-state index in [0.29, 0.717) is 0 Å². The summed E-state index contributed by atoms with van der Waals surface area (Å²) in [4.78, 5) is 53.6. The topological polar surface area (TPSA) is 212 Å². The Morgan fingerprint density at radius 2 is 1.97 bits per heavy atom. The predicted octanol–water partition coefficient (Wildman–Crippen LogP) is -1.23. The van der Waals surface area contributed by atoms with Crippen molar-refractivity contribution in [1.82, 2.24) is 4.90 Å². The molecule has 0 saturated heterocycles. The van der Waals surface area contributed by atoms with E-state index in [9.17, 15) is 34.7 Å². The van der Waals surface area contributed by atoms with Crippen LogP contribution in [0.5, 0.6) is 5.75 Å². The van der Waals surface area contributed by atoms with Crippen LogP contribution in [0.1, 0.15) is 27.9 Å². The minimum Gasteiger partial charge on any atom is -0.505 e. The van der Waals surface area contributed by atoms with Crippen LogP contribution in [0, 0.1) is 40.4 Å². The maximum absolute atomic E-state index is 13.7. The van der Waals surface area contributed by atoms with Crippen LogP contribution in [0.3, 0.4) is 0 Å². The van der Waals surface area contributed by atoms with E-state index >= 15 is 0 Å². The number of rotatable bonds is 2. The number of nitrogens with one attached hydrogen (secondary N) is 1. The van der Waals surface area contributed by atoms with Gasteiger partial charge in [0.05, 0.1) is 40.6 Å². The Balaban J connectivity index is 1.91. The number of phenols is 1. The third-order valence-corrected chi connectivity index (χ3v) is 7.27. The number of benzene rings is 1. The second kappa shape index (κ2) is 7.19. The molecule has 2 saturated carbocycles. The number of primary amides is 1. The van der Waals surface area contributed by atoms with Gasteiger partial charge in [-0.25, -0.2) is 0 Å². The fourth-order valence-corrected chi connectivity index (χ4v) is 5.85. The molecular weight excluding hydrogens is 430 g/mol. The third-order valence-electron chi connectivity index (χ3n) is 7.27. The zero-order valence-corrected chi connectivity index (χ0v) is 18.0. The number of Topliss-reactive ketones (excluding diaryl/α,β-unsaturated/α-hetero) is 3. The smallest absolute Gasteiger partial charge is 0.233 e. The van der Waals surface area contributed by atoms with E-state index in [0.717, 1.165) is 0 Å². The molecule has 6 atom stereocenters. The number of phenolic OH excluding ortho intramolecular Hbond substituents is 1. The van der Waals surface area contributed by atoms with Crippen molar-refractivity contribution in [2.24, 2.45) is 29.4 Å². The number of hydrogen-bond acceptors (Lipinski definition) is 10. The second-order valence-electron chi connectivity index (χ2n) is 9.17. The summed E-state index contributed by atoms with van der Waals surface area (Å²) in [6.45, 7) is 0. The van der Waals surface area contributed by atoms with Crippen LogP contribution in [-0.4, -0.2) is 69.8 Å². The molecule has 1 amide bonds. The Hall–Kier alpha value is -3.62. The number of likely N-dealkylation sites (N-methyl/N-ethyl adjacent to an activating group) is 1. The molecule has 172 valence electrons. The number of anilines is 1. The quantitative estimate of drug-likeness (QED) is 0.206. The Kier molecular flexibility index (Phi) is 4.92. The Morgan fingerprint density at radius 3 is 2.52 bits per heavy atom. The van der Waals surface area contributed by atoms with Gasteiger partial charge in [-0.15, -0.1) is 0 Å². The monoisotopic (exact) mass is 453 g/mol. The summed E-state index contributed by atoms with van der Waals surface area (Å²) in [5, 5.41) is 39.9. The molecule has 0 heterocycles. The summed E-state index contributed by atoms with van der Waals surface area (Å²) in [6.07, 6.45) is 0.0538. The van der Waals surface area contributed by atoms with Crippen molar-refractivity contribution in [1.29, 1.82) is 10.7 Å². The summed E-state index contributed by atoms with van der Waals surface area (Å²) in [5.41, 5.74) is 7.57. The van der Waals surface area contributed by atoms with Gasteiger partial charge in [-0.1, -0.05) is 0 Å². The number of amides is 1. The number of nitrogens with zero attached hydrogens (tertiary/aromatic N) is 2. The Labute approximate surface area is 188 Å². The average molecular weight is 453 g/mol. The first-order valence-corrected chi connectivity index (χ1v) is 10.3. The van der Waals surface area contributed by atoms with E-state index in [2.05, 4.69) is 0 Å². The number of ketones is 3. The molecule has 33 heavy (non-hydrogen) atoms. The van der Waals surface area contributed by atoms with E-state index in [1.165, 1.54) is 11.0 Å². The number of aliphatic hydroxyl groups is 1. The lowest BCUT2D eigenvalue weighted by Gasteiger charge is -2.53. The lowest BCUT2D eigenvalue weighted by Crippen LogP contribution is -2.73. The molecule has 0 aromatic heterocycles. The molecular formula is C22H23N5O6. The highest BCUT2D eigenvalue weighted by molar-refractivity contribution is 6.33. The molecule has 1 aromatic carbocycles. The minimum absolute atomic E-state index is 0.00343. The van der Waals surface area contributed by atoms with Gasteiger partial charge in [0.15, 0.2) is 23.0 Å². The van der Waals surface area contributed by atoms with Crippen LogP contribution in [0.2, 0.25) is 0 Å². The van der Waals surface area contributed by atoms with Gasteiger partial charge >= 0.3 is 0 Å². The fourth-order valence-electron chi connectivity index (χ4n) is 5.85. The summed E-state index contributed by atoms with van der Waals surface area (Å²) < 4.78 is 0. The summed E-state index contributed by atoms with van der Waals surface area (Å²) in [6, 6.07) is 2.10. The van der Waals surface area contributed by atoms with Gasteiger partial charge in [0, 0.05) is 5.92 Å². The zero-order valence-electron chi connectivity index (χ0n) is 18.0. The van der Waals surface area contributed by atoms with Crippen LogP contribution in [0.15, 0.2) is 6.07 Å². The van der Waals surface area contributed by atoms with E-state index in [-0.39, 0.29) is 35.2 Å². The van der Waals surface area contributed by atoms with E-state index in [4.69, 9.17) is 16.9 Å². The average Bonchev–Trinajstić information content (AvgIpc) is 2.72. The molecule has 3 aliphatic rings. The highest BCUT2D eigenvalue weighted by Crippen LogP contribution is 2.51. The van der Waals surface area contributed by atoms with Gasteiger partial charge in [0.25, 0.3) is 0 Å². The first-order chi connectivity index (χ1) is 15.4. The molecule has 1 aromatic rings. The van der Waals surface area contributed by atoms with Crippen LogP contribution >= 0.6 is 0 Å². The third kappa shape index (κ3) is 2.77. The normalized spacial score (nSPS) is 33.2. The van der Waals surface area contributed by atoms with Gasteiger partial charge in [0.2, 0.25) is 5.91 Å². The standard InChI is InChI=1S/C22H23N5O6/c1-27(2)15-10-4-7-3-9-8(6-23)5-11(24)16(28)13(9)17(29)12(7)20(31)22(10,33)19(25)14(18(15)30)21(26)32/h5,7,10,12,14-15,25,28,33H,3-4,24H2,1-2H3,(H2,26,32). The van der Waals surface area contributed by atoms with Crippen LogP contribution < -0.4 is 11.5 Å². The largest absolute Gasteiger partial charge is 0.505 e. The molecule has 0 spiro atoms. The minimum atomic E-state index is -2.56. The number of fused-ring (bicyclic) bond motifs is 3. The maximum atomic E-state index is 13.7. The number of aromatic hydroxyl groups is 1. The maximum Gasteiger partial charge on any atom is 0.233 e. The molecule has 3 aliphatic carbocycles. The molecule has 7 N–H and O–H groups in total. The van der Waals surface area contributed by atoms with Crippen molar-refractivity contribution in [2.75, 3.05) is 19.8 Å². The second-order valence-corrected chi connectivity index (χ2v) is 9.17. The highest BCUT2D eigenvalue weighted by atomic mass is 16.3. The van der Waals surface area contributed by atoms with E-state index < -0.39 is 70.0 Å². The van der Waals surface area contributed by atoms with E-state index in [1.807, 2.05) is 6.07 Å². The Bertz CT molecular complexity index is 1200.